The van der Waals surface area contributed by atoms with E-state index in [4.69, 9.17) is 5.73 Å². The van der Waals surface area contributed by atoms with Gasteiger partial charge in [0.15, 0.2) is 0 Å². The van der Waals surface area contributed by atoms with Gasteiger partial charge in [-0.1, -0.05) is 6.07 Å². The van der Waals surface area contributed by atoms with Crippen molar-refractivity contribution < 1.29 is 4.39 Å². The van der Waals surface area contributed by atoms with Crippen molar-refractivity contribution in [2.75, 3.05) is 18.5 Å². The first-order valence-electron chi connectivity index (χ1n) is 4.33. The Hall–Kier alpha value is -1.09. The van der Waals surface area contributed by atoms with Crippen LogP contribution >= 0.6 is 0 Å². The average Bonchev–Trinajstić information content (AvgIpc) is 2.15. The van der Waals surface area contributed by atoms with Crippen LogP contribution in [0, 0.1) is 5.82 Å². The Morgan fingerprint density at radius 3 is 2.77 bits per heavy atom. The van der Waals surface area contributed by atoms with Gasteiger partial charge in [-0.15, -0.1) is 0 Å². The molecule has 72 valence electrons. The molecule has 1 atom stereocenters. The minimum absolute atomic E-state index is 0.214. The third-order valence-corrected chi connectivity index (χ3v) is 2.22. The third kappa shape index (κ3) is 2.42. The first-order chi connectivity index (χ1) is 6.15. The van der Waals surface area contributed by atoms with E-state index in [0.717, 1.165) is 5.69 Å². The molecule has 3 heteroatoms. The van der Waals surface area contributed by atoms with E-state index in [2.05, 4.69) is 0 Å². The summed E-state index contributed by atoms with van der Waals surface area (Å²) in [5, 5.41) is 0. The Labute approximate surface area is 78.2 Å². The number of halogens is 1. The van der Waals surface area contributed by atoms with Gasteiger partial charge in [-0.05, 0) is 25.1 Å². The van der Waals surface area contributed by atoms with Gasteiger partial charge in [0.1, 0.15) is 5.82 Å². The summed E-state index contributed by atoms with van der Waals surface area (Å²) in [4.78, 5) is 1.96. The van der Waals surface area contributed by atoms with Crippen LogP contribution in [0.25, 0.3) is 0 Å². The quantitative estimate of drug-likeness (QED) is 0.769. The number of hydrogen-bond donors (Lipinski definition) is 1. The molecule has 1 rings (SSSR count). The largest absolute Gasteiger partial charge is 0.371 e. The highest BCUT2D eigenvalue weighted by molar-refractivity contribution is 5.46. The van der Waals surface area contributed by atoms with E-state index in [-0.39, 0.29) is 11.9 Å². The third-order valence-electron chi connectivity index (χ3n) is 2.22. The van der Waals surface area contributed by atoms with E-state index in [1.165, 1.54) is 12.1 Å². The van der Waals surface area contributed by atoms with Gasteiger partial charge in [0.2, 0.25) is 0 Å². The van der Waals surface area contributed by atoms with E-state index in [1.807, 2.05) is 24.9 Å². The van der Waals surface area contributed by atoms with Gasteiger partial charge in [0.25, 0.3) is 0 Å². The number of likely N-dealkylation sites (N-methyl/N-ethyl adjacent to an activating group) is 1. The van der Waals surface area contributed by atoms with E-state index in [1.54, 1.807) is 6.07 Å². The standard InChI is InChI=1S/C10H15FN2/c1-8(7-12)13(2)10-5-3-4-9(11)6-10/h3-6,8H,7,12H2,1-2H3. The summed E-state index contributed by atoms with van der Waals surface area (Å²) in [6, 6.07) is 6.73. The summed E-state index contributed by atoms with van der Waals surface area (Å²) < 4.78 is 12.8. The molecule has 2 N–H and O–H groups in total. The van der Waals surface area contributed by atoms with Crippen molar-refractivity contribution in [3.63, 3.8) is 0 Å². The SMILES string of the molecule is CC(CN)N(C)c1cccc(F)c1. The van der Waals surface area contributed by atoms with Crippen LogP contribution in [0.15, 0.2) is 24.3 Å². The lowest BCUT2D eigenvalue weighted by molar-refractivity contribution is 0.624. The van der Waals surface area contributed by atoms with Crippen LogP contribution in [0.2, 0.25) is 0 Å². The minimum atomic E-state index is -0.214. The number of hydrogen-bond acceptors (Lipinski definition) is 2. The normalized spacial score (nSPS) is 12.6. The van der Waals surface area contributed by atoms with Gasteiger partial charge >= 0.3 is 0 Å². The van der Waals surface area contributed by atoms with Crippen molar-refractivity contribution in [3.05, 3.63) is 30.1 Å². The van der Waals surface area contributed by atoms with E-state index >= 15 is 0 Å². The second-order valence-corrected chi connectivity index (χ2v) is 3.18. The second kappa shape index (κ2) is 4.23. The lowest BCUT2D eigenvalue weighted by atomic mass is 10.2. The molecule has 0 aliphatic carbocycles. The Balaban J connectivity index is 2.82. The van der Waals surface area contributed by atoms with E-state index < -0.39 is 0 Å². The molecule has 0 aliphatic heterocycles. The van der Waals surface area contributed by atoms with Crippen molar-refractivity contribution in [1.82, 2.24) is 0 Å². The second-order valence-electron chi connectivity index (χ2n) is 3.18. The molecule has 1 unspecified atom stereocenters. The molecule has 1 aromatic carbocycles. The molecule has 1 aromatic rings. The molecule has 0 aromatic heterocycles. The molecule has 0 spiro atoms. The van der Waals surface area contributed by atoms with Crippen LogP contribution in [0.4, 0.5) is 10.1 Å². The number of nitrogens with two attached hydrogens (primary N) is 1. The van der Waals surface area contributed by atoms with Gasteiger partial charge in [-0.2, -0.15) is 0 Å². The lowest BCUT2D eigenvalue weighted by Gasteiger charge is -2.25. The molecule has 2 nitrogen and oxygen atoms in total. The summed E-state index contributed by atoms with van der Waals surface area (Å²) in [5.74, 6) is -0.214. The highest BCUT2D eigenvalue weighted by Crippen LogP contribution is 2.15. The lowest BCUT2D eigenvalue weighted by Crippen LogP contribution is -2.35. The van der Waals surface area contributed by atoms with Gasteiger partial charge in [0.05, 0.1) is 0 Å². The molecular weight excluding hydrogens is 167 g/mol. The average molecular weight is 182 g/mol. The molecular formula is C10H15FN2. The van der Waals surface area contributed by atoms with Crippen molar-refractivity contribution in [2.45, 2.75) is 13.0 Å². The van der Waals surface area contributed by atoms with Gasteiger partial charge in [0, 0.05) is 25.3 Å². The molecule has 0 aliphatic rings. The molecule has 13 heavy (non-hydrogen) atoms. The zero-order valence-corrected chi connectivity index (χ0v) is 8.00. The maximum absolute atomic E-state index is 12.8. The van der Waals surface area contributed by atoms with Gasteiger partial charge < -0.3 is 10.6 Å². The zero-order chi connectivity index (χ0) is 9.84. The van der Waals surface area contributed by atoms with Gasteiger partial charge in [-0.3, -0.25) is 0 Å². The van der Waals surface area contributed by atoms with E-state index in [0.29, 0.717) is 6.54 Å². The number of nitrogens with zero attached hydrogens (tertiary/aromatic N) is 1. The summed E-state index contributed by atoms with van der Waals surface area (Å²) in [6.07, 6.45) is 0. The van der Waals surface area contributed by atoms with Crippen LogP contribution in [-0.2, 0) is 0 Å². The van der Waals surface area contributed by atoms with Crippen LogP contribution in [0.3, 0.4) is 0 Å². The summed E-state index contributed by atoms with van der Waals surface area (Å²) >= 11 is 0. The van der Waals surface area contributed by atoms with Crippen LogP contribution in [0.5, 0.6) is 0 Å². The molecule has 0 saturated carbocycles. The Morgan fingerprint density at radius 2 is 2.23 bits per heavy atom. The Morgan fingerprint density at radius 1 is 1.54 bits per heavy atom. The maximum atomic E-state index is 12.8. The molecule has 0 fully saturated rings. The van der Waals surface area contributed by atoms with Crippen LogP contribution in [-0.4, -0.2) is 19.6 Å². The van der Waals surface area contributed by atoms with Gasteiger partial charge in [-0.25, -0.2) is 4.39 Å². The Kier molecular flexibility index (Phi) is 3.25. The van der Waals surface area contributed by atoms with Crippen LogP contribution in [0.1, 0.15) is 6.92 Å². The molecule has 0 radical (unpaired) electrons. The smallest absolute Gasteiger partial charge is 0.125 e. The fourth-order valence-corrected chi connectivity index (χ4v) is 1.11. The predicted octanol–water partition coefficient (Wildman–Crippen LogP) is 1.61. The minimum Gasteiger partial charge on any atom is -0.371 e. The maximum Gasteiger partial charge on any atom is 0.125 e. The topological polar surface area (TPSA) is 29.3 Å². The first-order valence-corrected chi connectivity index (χ1v) is 4.33. The molecule has 0 saturated heterocycles. The number of anilines is 1. The number of benzene rings is 1. The van der Waals surface area contributed by atoms with Crippen molar-refractivity contribution in [3.8, 4) is 0 Å². The summed E-state index contributed by atoms with van der Waals surface area (Å²) in [6.45, 7) is 2.57. The Bertz CT molecular complexity index is 275. The summed E-state index contributed by atoms with van der Waals surface area (Å²) in [7, 11) is 1.91. The van der Waals surface area contributed by atoms with E-state index in [9.17, 15) is 4.39 Å². The summed E-state index contributed by atoms with van der Waals surface area (Å²) in [5.41, 5.74) is 6.37. The monoisotopic (exact) mass is 182 g/mol. The molecule has 0 bridgehead atoms. The van der Waals surface area contributed by atoms with Crippen LogP contribution < -0.4 is 10.6 Å². The highest BCUT2D eigenvalue weighted by Gasteiger charge is 2.07. The fraction of sp³-hybridized carbons (Fsp3) is 0.400. The van der Waals surface area contributed by atoms with Crippen molar-refractivity contribution in [1.29, 1.82) is 0 Å². The first kappa shape index (κ1) is 9.99. The fourth-order valence-electron chi connectivity index (χ4n) is 1.11. The van der Waals surface area contributed by atoms with Crippen molar-refractivity contribution >= 4 is 5.69 Å². The van der Waals surface area contributed by atoms with Crippen molar-refractivity contribution in [2.24, 2.45) is 5.73 Å². The highest BCUT2D eigenvalue weighted by atomic mass is 19.1. The molecule has 0 heterocycles. The zero-order valence-electron chi connectivity index (χ0n) is 8.00. The number of rotatable bonds is 3. The molecule has 0 amide bonds. The predicted molar refractivity (Wildman–Crippen MR) is 53.3 cm³/mol.